The molecule has 0 saturated carbocycles. The molecular formula is C22H22N2O4. The average molecular weight is 378 g/mol. The van der Waals surface area contributed by atoms with Crippen LogP contribution in [0.2, 0.25) is 0 Å². The van der Waals surface area contributed by atoms with Crippen LogP contribution in [0.25, 0.3) is 0 Å². The first-order valence-electron chi connectivity index (χ1n) is 8.75. The van der Waals surface area contributed by atoms with Gasteiger partial charge in [0, 0.05) is 5.69 Å². The molecule has 3 rings (SSSR count). The van der Waals surface area contributed by atoms with Crippen molar-refractivity contribution in [1.29, 1.82) is 0 Å². The Labute approximate surface area is 164 Å². The van der Waals surface area contributed by atoms with Crippen molar-refractivity contribution in [1.82, 2.24) is 0 Å². The van der Waals surface area contributed by atoms with Crippen molar-refractivity contribution in [3.05, 3.63) is 72.8 Å². The Balaban J connectivity index is 1.64. The molecule has 0 fully saturated rings. The van der Waals surface area contributed by atoms with E-state index in [1.54, 1.807) is 26.4 Å². The van der Waals surface area contributed by atoms with Gasteiger partial charge in [-0.15, -0.1) is 0 Å². The zero-order chi connectivity index (χ0) is 19.8. The maximum atomic E-state index is 12.4. The highest BCUT2D eigenvalue weighted by Gasteiger charge is 2.10. The molecule has 0 aliphatic rings. The summed E-state index contributed by atoms with van der Waals surface area (Å²) < 4.78 is 16.0. The molecule has 144 valence electrons. The molecule has 0 atom stereocenters. The number of nitrogens with one attached hydrogen (secondary N) is 2. The Morgan fingerprint density at radius 1 is 0.786 bits per heavy atom. The first kappa shape index (κ1) is 19.1. The highest BCUT2D eigenvalue weighted by atomic mass is 16.5. The fourth-order valence-corrected chi connectivity index (χ4v) is 2.60. The lowest BCUT2D eigenvalue weighted by Crippen LogP contribution is -2.20. The van der Waals surface area contributed by atoms with E-state index in [1.807, 2.05) is 60.7 Å². The molecular weight excluding hydrogens is 356 g/mol. The van der Waals surface area contributed by atoms with Gasteiger partial charge in [-0.2, -0.15) is 0 Å². The van der Waals surface area contributed by atoms with Crippen molar-refractivity contribution in [3.63, 3.8) is 0 Å². The molecule has 2 N–H and O–H groups in total. The van der Waals surface area contributed by atoms with Crippen LogP contribution in [0.3, 0.4) is 0 Å². The monoisotopic (exact) mass is 378 g/mol. The predicted octanol–water partition coefficient (Wildman–Crippen LogP) is 4.46. The van der Waals surface area contributed by atoms with Crippen LogP contribution >= 0.6 is 0 Å². The molecule has 0 radical (unpaired) electrons. The van der Waals surface area contributed by atoms with Crippen molar-refractivity contribution in [2.24, 2.45) is 0 Å². The van der Waals surface area contributed by atoms with Crippen molar-refractivity contribution >= 4 is 23.0 Å². The van der Waals surface area contributed by atoms with Crippen LogP contribution in [0, 0.1) is 0 Å². The molecule has 0 aromatic heterocycles. The maximum Gasteiger partial charge on any atom is 0.262 e. The first-order chi connectivity index (χ1) is 13.7. The summed E-state index contributed by atoms with van der Waals surface area (Å²) in [5.74, 6) is 1.61. The van der Waals surface area contributed by atoms with E-state index in [0.29, 0.717) is 17.2 Å². The molecule has 0 saturated heterocycles. The molecule has 3 aromatic rings. The first-order valence-corrected chi connectivity index (χ1v) is 8.75. The lowest BCUT2D eigenvalue weighted by molar-refractivity contribution is -0.118. The smallest absolute Gasteiger partial charge is 0.262 e. The number of para-hydroxylation sites is 4. The van der Waals surface area contributed by atoms with E-state index in [4.69, 9.17) is 14.2 Å². The zero-order valence-corrected chi connectivity index (χ0v) is 15.8. The Hall–Kier alpha value is -3.67. The lowest BCUT2D eigenvalue weighted by Gasteiger charge is -2.14. The average Bonchev–Trinajstić information content (AvgIpc) is 2.74. The van der Waals surface area contributed by atoms with Gasteiger partial charge < -0.3 is 24.8 Å². The van der Waals surface area contributed by atoms with Gasteiger partial charge in [0.1, 0.15) is 5.75 Å². The van der Waals surface area contributed by atoms with Crippen LogP contribution in [0.4, 0.5) is 17.1 Å². The molecule has 6 nitrogen and oxygen atoms in total. The second-order valence-electron chi connectivity index (χ2n) is 5.89. The van der Waals surface area contributed by atoms with Gasteiger partial charge in [-0.3, -0.25) is 4.79 Å². The Morgan fingerprint density at radius 2 is 1.43 bits per heavy atom. The minimum absolute atomic E-state index is 0.128. The lowest BCUT2D eigenvalue weighted by atomic mass is 10.2. The molecule has 0 spiro atoms. The molecule has 0 aliphatic carbocycles. The minimum Gasteiger partial charge on any atom is -0.497 e. The molecule has 28 heavy (non-hydrogen) atoms. The van der Waals surface area contributed by atoms with Gasteiger partial charge >= 0.3 is 0 Å². The van der Waals surface area contributed by atoms with Gasteiger partial charge in [-0.1, -0.05) is 24.3 Å². The molecule has 0 aliphatic heterocycles. The molecule has 3 aromatic carbocycles. The molecule has 0 unspecified atom stereocenters. The Morgan fingerprint density at radius 3 is 2.11 bits per heavy atom. The zero-order valence-electron chi connectivity index (χ0n) is 15.8. The second kappa shape index (κ2) is 9.32. The third-order valence-corrected chi connectivity index (χ3v) is 4.00. The van der Waals surface area contributed by atoms with Crippen molar-refractivity contribution in [2.75, 3.05) is 31.5 Å². The van der Waals surface area contributed by atoms with Crippen molar-refractivity contribution in [2.45, 2.75) is 0 Å². The SMILES string of the molecule is COc1ccc(Nc2ccccc2NC(=O)COc2ccccc2OC)cc1. The van der Waals surface area contributed by atoms with E-state index in [9.17, 15) is 4.79 Å². The van der Waals surface area contributed by atoms with Crippen LogP contribution in [0.1, 0.15) is 0 Å². The van der Waals surface area contributed by atoms with E-state index in [-0.39, 0.29) is 12.5 Å². The number of anilines is 3. The van der Waals surface area contributed by atoms with E-state index < -0.39 is 0 Å². The fourth-order valence-electron chi connectivity index (χ4n) is 2.60. The van der Waals surface area contributed by atoms with Crippen LogP contribution in [-0.4, -0.2) is 26.7 Å². The fraction of sp³-hybridized carbons (Fsp3) is 0.136. The molecule has 6 heteroatoms. The quantitative estimate of drug-likeness (QED) is 0.605. The normalized spacial score (nSPS) is 10.1. The summed E-state index contributed by atoms with van der Waals surface area (Å²) >= 11 is 0. The van der Waals surface area contributed by atoms with E-state index in [2.05, 4.69) is 10.6 Å². The summed E-state index contributed by atoms with van der Waals surface area (Å²) in [6.07, 6.45) is 0. The number of rotatable bonds is 8. The highest BCUT2D eigenvalue weighted by Crippen LogP contribution is 2.27. The third-order valence-electron chi connectivity index (χ3n) is 4.00. The summed E-state index contributed by atoms with van der Waals surface area (Å²) in [6, 6.07) is 22.2. The summed E-state index contributed by atoms with van der Waals surface area (Å²) in [6.45, 7) is -0.128. The third kappa shape index (κ3) is 4.94. The summed E-state index contributed by atoms with van der Waals surface area (Å²) in [7, 11) is 3.18. The van der Waals surface area contributed by atoms with Gasteiger partial charge in [0.2, 0.25) is 0 Å². The van der Waals surface area contributed by atoms with Crippen LogP contribution < -0.4 is 24.8 Å². The van der Waals surface area contributed by atoms with Gasteiger partial charge in [-0.05, 0) is 48.5 Å². The number of benzene rings is 3. The largest absolute Gasteiger partial charge is 0.497 e. The number of amides is 1. The standard InChI is InChI=1S/C22H22N2O4/c1-26-17-13-11-16(12-14-17)23-18-7-3-4-8-19(18)24-22(25)15-28-21-10-6-5-9-20(21)27-2/h3-14,23H,15H2,1-2H3,(H,24,25). The van der Waals surface area contributed by atoms with Crippen LogP contribution in [0.15, 0.2) is 72.8 Å². The second-order valence-corrected chi connectivity index (χ2v) is 5.89. The van der Waals surface area contributed by atoms with Crippen LogP contribution in [-0.2, 0) is 4.79 Å². The number of hydrogen-bond acceptors (Lipinski definition) is 5. The van der Waals surface area contributed by atoms with E-state index in [1.165, 1.54) is 0 Å². The molecule has 1 amide bonds. The summed E-state index contributed by atoms with van der Waals surface area (Å²) in [5, 5.41) is 6.16. The van der Waals surface area contributed by atoms with Gasteiger partial charge in [0.15, 0.2) is 18.1 Å². The van der Waals surface area contributed by atoms with Crippen LogP contribution in [0.5, 0.6) is 17.2 Å². The summed E-state index contributed by atoms with van der Waals surface area (Å²) in [5.41, 5.74) is 2.32. The number of carbonyl (C=O) groups is 1. The van der Waals surface area contributed by atoms with E-state index in [0.717, 1.165) is 17.1 Å². The van der Waals surface area contributed by atoms with Crippen molar-refractivity contribution in [3.8, 4) is 17.2 Å². The predicted molar refractivity (Wildman–Crippen MR) is 110 cm³/mol. The highest BCUT2D eigenvalue weighted by molar-refractivity contribution is 5.95. The van der Waals surface area contributed by atoms with Crippen molar-refractivity contribution < 1.29 is 19.0 Å². The number of hydrogen-bond donors (Lipinski definition) is 2. The Kier molecular flexibility index (Phi) is 6.36. The van der Waals surface area contributed by atoms with Gasteiger partial charge in [-0.25, -0.2) is 0 Å². The molecule has 0 heterocycles. The number of carbonyl (C=O) groups excluding carboxylic acids is 1. The van der Waals surface area contributed by atoms with Gasteiger partial charge in [0.05, 0.1) is 25.6 Å². The Bertz CT molecular complexity index is 926. The number of methoxy groups -OCH3 is 2. The minimum atomic E-state index is -0.269. The molecule has 0 bridgehead atoms. The maximum absolute atomic E-state index is 12.4. The summed E-state index contributed by atoms with van der Waals surface area (Å²) in [4.78, 5) is 12.4. The topological polar surface area (TPSA) is 68.8 Å². The van der Waals surface area contributed by atoms with Gasteiger partial charge in [0.25, 0.3) is 5.91 Å². The van der Waals surface area contributed by atoms with E-state index >= 15 is 0 Å². The number of ether oxygens (including phenoxy) is 3.